The zero-order valence-electron chi connectivity index (χ0n) is 18.9. The molecular formula is C20H34N6O7. The smallest absolute Gasteiger partial charge is 0.326 e. The summed E-state index contributed by atoms with van der Waals surface area (Å²) in [6.07, 6.45) is 0.639. The van der Waals surface area contributed by atoms with Crippen LogP contribution in [0.1, 0.15) is 52.4 Å². The molecule has 1 aliphatic rings. The van der Waals surface area contributed by atoms with Crippen LogP contribution in [0.4, 0.5) is 0 Å². The van der Waals surface area contributed by atoms with Crippen LogP contribution in [0.25, 0.3) is 0 Å². The van der Waals surface area contributed by atoms with Crippen LogP contribution < -0.4 is 32.7 Å². The molecule has 0 aromatic carbocycles. The molecule has 4 unspecified atom stereocenters. The van der Waals surface area contributed by atoms with Crippen LogP contribution in [-0.4, -0.2) is 71.3 Å². The predicted octanol–water partition coefficient (Wildman–Crippen LogP) is -2.54. The first-order valence-corrected chi connectivity index (χ1v) is 10.8. The second kappa shape index (κ2) is 13.4. The number of primary amides is 2. The third kappa shape index (κ3) is 10.3. The lowest BCUT2D eigenvalue weighted by atomic mass is 10.0. The summed E-state index contributed by atoms with van der Waals surface area (Å²) >= 11 is 0. The van der Waals surface area contributed by atoms with Gasteiger partial charge in [-0.05, 0) is 38.1 Å². The first-order valence-electron chi connectivity index (χ1n) is 10.8. The SMILES string of the molecule is CC(C)CC(NC(=O)C1CCCN1)C(=O)NC(CCC(N)=O)C(=O)NC(CC(N)=O)C(=O)O. The Morgan fingerprint density at radius 3 is 2.03 bits per heavy atom. The first kappa shape index (κ1) is 27.8. The van der Waals surface area contributed by atoms with E-state index in [1.54, 1.807) is 0 Å². The predicted molar refractivity (Wildman–Crippen MR) is 116 cm³/mol. The van der Waals surface area contributed by atoms with Crippen molar-refractivity contribution in [2.75, 3.05) is 6.54 Å². The molecule has 9 N–H and O–H groups in total. The fourth-order valence-electron chi connectivity index (χ4n) is 3.38. The summed E-state index contributed by atoms with van der Waals surface area (Å²) in [4.78, 5) is 71.8. The van der Waals surface area contributed by atoms with Gasteiger partial charge in [-0.3, -0.25) is 24.0 Å². The van der Waals surface area contributed by atoms with E-state index in [2.05, 4.69) is 21.3 Å². The first-order chi connectivity index (χ1) is 15.4. The molecule has 13 heteroatoms. The second-order valence-electron chi connectivity index (χ2n) is 8.48. The third-order valence-electron chi connectivity index (χ3n) is 5.05. The van der Waals surface area contributed by atoms with E-state index in [1.165, 1.54) is 0 Å². The number of nitrogens with two attached hydrogens (primary N) is 2. The van der Waals surface area contributed by atoms with Crippen molar-refractivity contribution in [2.45, 2.75) is 76.5 Å². The molecule has 0 aromatic rings. The molecule has 0 saturated carbocycles. The molecule has 0 aliphatic carbocycles. The average molecular weight is 471 g/mol. The highest BCUT2D eigenvalue weighted by atomic mass is 16.4. The Morgan fingerprint density at radius 2 is 1.55 bits per heavy atom. The van der Waals surface area contributed by atoms with E-state index in [-0.39, 0.29) is 31.1 Å². The van der Waals surface area contributed by atoms with Gasteiger partial charge < -0.3 is 37.8 Å². The lowest BCUT2D eigenvalue weighted by Gasteiger charge is -2.25. The van der Waals surface area contributed by atoms with Gasteiger partial charge in [0.05, 0.1) is 12.5 Å². The maximum Gasteiger partial charge on any atom is 0.326 e. The van der Waals surface area contributed by atoms with Crippen molar-refractivity contribution in [2.24, 2.45) is 17.4 Å². The maximum atomic E-state index is 13.0. The van der Waals surface area contributed by atoms with Gasteiger partial charge in [0.2, 0.25) is 29.5 Å². The van der Waals surface area contributed by atoms with Crippen molar-refractivity contribution >= 4 is 35.5 Å². The van der Waals surface area contributed by atoms with Gasteiger partial charge in [0.15, 0.2) is 0 Å². The number of carbonyl (C=O) groups excluding carboxylic acids is 5. The van der Waals surface area contributed by atoms with Crippen LogP contribution in [-0.2, 0) is 28.8 Å². The standard InChI is InChI=1S/C20H34N6O7/c1-10(2)8-13(25-17(29)11-4-3-7-23-11)19(31)24-12(5-6-15(21)27)18(30)26-14(20(32)33)9-16(22)28/h10-14,23H,3-9H2,1-2H3,(H2,21,27)(H2,22,28)(H,24,31)(H,25,29)(H,26,30)(H,32,33). The highest BCUT2D eigenvalue weighted by molar-refractivity contribution is 5.95. The molecule has 33 heavy (non-hydrogen) atoms. The molecule has 1 fully saturated rings. The Bertz CT molecular complexity index is 751. The van der Waals surface area contributed by atoms with Crippen molar-refractivity contribution in [3.63, 3.8) is 0 Å². The number of carboxylic acid groups (broad SMARTS) is 1. The Kier molecular flexibility index (Phi) is 11.3. The van der Waals surface area contributed by atoms with E-state index in [1.807, 2.05) is 13.8 Å². The van der Waals surface area contributed by atoms with Gasteiger partial charge in [-0.2, -0.15) is 0 Å². The van der Waals surface area contributed by atoms with Crippen LogP contribution in [0.3, 0.4) is 0 Å². The van der Waals surface area contributed by atoms with Gasteiger partial charge >= 0.3 is 5.97 Å². The highest BCUT2D eigenvalue weighted by Crippen LogP contribution is 2.10. The molecule has 0 radical (unpaired) electrons. The van der Waals surface area contributed by atoms with Crippen molar-refractivity contribution in [1.29, 1.82) is 0 Å². The summed E-state index contributed by atoms with van der Waals surface area (Å²) in [6, 6.07) is -4.30. The number of aliphatic carboxylic acids is 1. The molecular weight excluding hydrogens is 436 g/mol. The Balaban J connectivity index is 2.95. The van der Waals surface area contributed by atoms with E-state index in [4.69, 9.17) is 11.5 Å². The summed E-state index contributed by atoms with van der Waals surface area (Å²) in [5, 5.41) is 19.5. The van der Waals surface area contributed by atoms with E-state index in [0.717, 1.165) is 6.42 Å². The van der Waals surface area contributed by atoms with Gasteiger partial charge in [-0.15, -0.1) is 0 Å². The van der Waals surface area contributed by atoms with Crippen LogP contribution in [0.2, 0.25) is 0 Å². The minimum Gasteiger partial charge on any atom is -0.480 e. The summed E-state index contributed by atoms with van der Waals surface area (Å²) in [5.41, 5.74) is 10.2. The molecule has 1 rings (SSSR count). The fraction of sp³-hybridized carbons (Fsp3) is 0.700. The molecule has 4 atom stereocenters. The van der Waals surface area contributed by atoms with Crippen LogP contribution in [0.5, 0.6) is 0 Å². The van der Waals surface area contributed by atoms with Crippen molar-refractivity contribution in [3.8, 4) is 0 Å². The lowest BCUT2D eigenvalue weighted by molar-refractivity contribution is -0.144. The van der Waals surface area contributed by atoms with Crippen LogP contribution in [0, 0.1) is 5.92 Å². The molecule has 1 saturated heterocycles. The molecule has 1 heterocycles. The topological polar surface area (TPSA) is 223 Å². The van der Waals surface area contributed by atoms with Gasteiger partial charge in [-0.25, -0.2) is 4.79 Å². The van der Waals surface area contributed by atoms with E-state index in [9.17, 15) is 33.9 Å². The maximum absolute atomic E-state index is 13.0. The number of amides is 5. The van der Waals surface area contributed by atoms with Crippen LogP contribution >= 0.6 is 0 Å². The minimum atomic E-state index is -1.61. The zero-order chi connectivity index (χ0) is 25.1. The van der Waals surface area contributed by atoms with Crippen molar-refractivity contribution < 1.29 is 33.9 Å². The highest BCUT2D eigenvalue weighted by Gasteiger charge is 2.32. The molecule has 0 aromatic heterocycles. The van der Waals surface area contributed by atoms with E-state index < -0.39 is 60.2 Å². The van der Waals surface area contributed by atoms with Crippen LogP contribution in [0.15, 0.2) is 0 Å². The molecule has 0 bridgehead atoms. The number of hydrogen-bond acceptors (Lipinski definition) is 7. The summed E-state index contributed by atoms with van der Waals surface area (Å²) in [7, 11) is 0. The molecule has 1 aliphatic heterocycles. The van der Waals surface area contributed by atoms with Crippen molar-refractivity contribution in [1.82, 2.24) is 21.3 Å². The summed E-state index contributed by atoms with van der Waals surface area (Å²) in [5.74, 6) is -5.06. The number of carboxylic acids is 1. The van der Waals surface area contributed by atoms with Gasteiger partial charge in [-0.1, -0.05) is 13.8 Å². The van der Waals surface area contributed by atoms with E-state index in [0.29, 0.717) is 13.0 Å². The lowest BCUT2D eigenvalue weighted by Crippen LogP contribution is -2.57. The number of hydrogen-bond donors (Lipinski definition) is 7. The normalized spacial score (nSPS) is 18.1. The monoisotopic (exact) mass is 470 g/mol. The fourth-order valence-corrected chi connectivity index (χ4v) is 3.38. The Morgan fingerprint density at radius 1 is 0.939 bits per heavy atom. The number of nitrogens with one attached hydrogen (secondary N) is 4. The summed E-state index contributed by atoms with van der Waals surface area (Å²) < 4.78 is 0. The number of carbonyl (C=O) groups is 6. The van der Waals surface area contributed by atoms with Gasteiger partial charge in [0.1, 0.15) is 18.1 Å². The molecule has 5 amide bonds. The zero-order valence-corrected chi connectivity index (χ0v) is 18.9. The van der Waals surface area contributed by atoms with E-state index >= 15 is 0 Å². The van der Waals surface area contributed by atoms with Crippen molar-refractivity contribution in [3.05, 3.63) is 0 Å². The summed E-state index contributed by atoms with van der Waals surface area (Å²) in [6.45, 7) is 4.42. The molecule has 13 nitrogen and oxygen atoms in total. The average Bonchev–Trinajstić information content (AvgIpc) is 3.23. The second-order valence-corrected chi connectivity index (χ2v) is 8.48. The van der Waals surface area contributed by atoms with Gasteiger partial charge in [0, 0.05) is 6.42 Å². The molecule has 186 valence electrons. The Labute approximate surface area is 191 Å². The number of rotatable bonds is 14. The molecule has 0 spiro atoms. The van der Waals surface area contributed by atoms with Gasteiger partial charge in [0.25, 0.3) is 0 Å². The Hall–Kier alpha value is -3.22. The largest absolute Gasteiger partial charge is 0.480 e. The third-order valence-corrected chi connectivity index (χ3v) is 5.05. The quantitative estimate of drug-likeness (QED) is 0.143. The minimum absolute atomic E-state index is 0.0300.